The third-order valence-electron chi connectivity index (χ3n) is 12.0. The van der Waals surface area contributed by atoms with E-state index in [1.807, 2.05) is 43.3 Å². The maximum absolute atomic E-state index is 12.6. The van der Waals surface area contributed by atoms with Gasteiger partial charge in [-0.2, -0.15) is 13.2 Å². The van der Waals surface area contributed by atoms with Crippen LogP contribution in [-0.4, -0.2) is 81.7 Å². The normalized spacial score (nSPS) is 11.7. The van der Waals surface area contributed by atoms with Gasteiger partial charge in [0.2, 0.25) is 5.82 Å². The lowest BCUT2D eigenvalue weighted by Crippen LogP contribution is -3.00. The lowest BCUT2D eigenvalue weighted by molar-refractivity contribution is -2.00. The monoisotopic (exact) mass is 1770 g/mol. The van der Waals surface area contributed by atoms with Crippen LogP contribution in [0, 0.1) is 60.1 Å². The Morgan fingerprint density at radius 2 is 0.841 bits per heavy atom. The molecule has 0 fully saturated rings. The molecule has 0 amide bonds. The van der Waals surface area contributed by atoms with Gasteiger partial charge in [-0.25, -0.2) is 65.8 Å². The topological polar surface area (TPSA) is 434 Å². The molecule has 580 valence electrons. The van der Waals surface area contributed by atoms with E-state index in [9.17, 15) is 101 Å². The van der Waals surface area contributed by atoms with Crippen molar-refractivity contribution in [2.75, 3.05) is 7.11 Å². The molecule has 0 saturated heterocycles. The summed E-state index contributed by atoms with van der Waals surface area (Å²) in [6, 6.07) is 61.1. The van der Waals surface area contributed by atoms with E-state index in [4.69, 9.17) is 68.1 Å². The number of hydrogen-bond acceptors (Lipinski definition) is 23. The van der Waals surface area contributed by atoms with Crippen molar-refractivity contribution in [1.29, 1.82) is 0 Å². The van der Waals surface area contributed by atoms with Crippen molar-refractivity contribution in [2.24, 2.45) is 0 Å². The van der Waals surface area contributed by atoms with Gasteiger partial charge in [-0.3, -0.25) is 8.42 Å². The number of benzene rings is 10. The Bertz CT molecular complexity index is 4910. The van der Waals surface area contributed by atoms with Crippen molar-refractivity contribution in [3.8, 4) is 5.75 Å². The maximum Gasteiger partial charge on any atom is 0.430 e. The molecule has 2 atom stereocenters. The van der Waals surface area contributed by atoms with E-state index in [2.05, 4.69) is 47.6 Å². The van der Waals surface area contributed by atoms with E-state index in [0.717, 1.165) is 26.0 Å². The van der Waals surface area contributed by atoms with E-state index in [1.54, 1.807) is 123 Å². The summed E-state index contributed by atoms with van der Waals surface area (Å²) in [5.74, 6) is -16.4. The molecule has 0 aliphatic heterocycles. The summed E-state index contributed by atoms with van der Waals surface area (Å²) in [6.45, 7) is 5.12. The number of aryl methyl sites for hydroxylation is 3. The summed E-state index contributed by atoms with van der Waals surface area (Å²) in [5, 5.41) is 22.5. The first-order chi connectivity index (χ1) is 48.8. The second-order valence-electron chi connectivity index (χ2n) is 19.6. The number of methoxy groups -OCH3 is 1. The molecule has 0 bridgehead atoms. The molecule has 10 aromatic rings. The molecule has 0 aliphatic rings. The minimum Gasteiger partial charge on any atom is -1.00 e. The third-order valence-corrected chi connectivity index (χ3v) is 19.9. The molecule has 10 rings (SSSR count). The van der Waals surface area contributed by atoms with E-state index in [-0.39, 0.29) is 48.1 Å². The zero-order chi connectivity index (χ0) is 81.0. The summed E-state index contributed by atoms with van der Waals surface area (Å²) in [7, 11) is -21.5. The van der Waals surface area contributed by atoms with Crippen LogP contribution in [0.1, 0.15) is 27.0 Å². The van der Waals surface area contributed by atoms with Crippen molar-refractivity contribution in [3.05, 3.63) is 279 Å². The second kappa shape index (κ2) is 44.3. The van der Waals surface area contributed by atoms with Gasteiger partial charge in [-0.1, -0.05) is 125 Å². The van der Waals surface area contributed by atoms with Gasteiger partial charge < -0.3 is 64.3 Å². The molecular formula is C65H47BrCl4F8O22S7-8. The van der Waals surface area contributed by atoms with Crippen LogP contribution in [0.25, 0.3) is 10.8 Å². The highest BCUT2D eigenvalue weighted by Gasteiger charge is 2.31. The van der Waals surface area contributed by atoms with Gasteiger partial charge in [-0.15, -0.1) is 10.2 Å². The Labute approximate surface area is 644 Å². The van der Waals surface area contributed by atoms with E-state index >= 15 is 0 Å². The molecule has 0 heterocycles. The molecule has 0 spiro atoms. The molecule has 0 saturated carbocycles. The summed E-state index contributed by atoms with van der Waals surface area (Å²) in [4.78, 5) is 20.5. The molecule has 0 aromatic heterocycles. The average molecular weight is 1780 g/mol. The predicted molar refractivity (Wildman–Crippen MR) is 354 cm³/mol. The van der Waals surface area contributed by atoms with Crippen LogP contribution < -0.4 is 50.6 Å². The fraction of sp³-hybridized carbons (Fsp3) is 0.0769. The standard InChI is InChI=1S/C18H12Cl3S.C10H8O3S.C9H12O3S.C8H8O3.C6HF5O3S.C6H6O2S2.C6H6O2S.C2HF3O2.BrH.ClHO4/c19-13-1-7-16(8-2-13)22(17-9-3-14(20)4-10-17)18-11-5-15(21)6-12-18;11-14(12,13)10-7-3-5-8-4-1-2-6-9(8)10;1-6-4-7(2)9(8(3)5-6)13(10,11)12;1-11-7-4-2-6(3-5-7)8(9)10;7-1-2(8)4(10)6(15(12,13)14)5(11)3(1)9;7-10(8,9)6-4-2-1-3-5-6;7-9(8)6-4-2-1-3-5-6;3-2(4,5)1(6)7;;2-1(3,4)5/h1-12H;1-7H,(H,11,12,13);4-5H,1-3H3,(H,10,11,12);2-5H,1H3,(H,9,10);(H,12,13,14);1-5H,(H,7,8,9);1-5H,(H,7,8);(H,6,7);1H;(H,2,3,4,5)/q+1;;;;;;;;;/p-9. The number of hydrogen-bond donors (Lipinski definition) is 0. The number of aromatic carboxylic acids is 1. The van der Waals surface area contributed by atoms with Crippen molar-refractivity contribution in [3.63, 3.8) is 0 Å². The maximum atomic E-state index is 12.6. The fourth-order valence-electron chi connectivity index (χ4n) is 7.75. The summed E-state index contributed by atoms with van der Waals surface area (Å²) >= 11 is 20.2. The largest absolute Gasteiger partial charge is 1.00 e. The Morgan fingerprint density at radius 1 is 0.505 bits per heavy atom. The molecule has 0 radical (unpaired) electrons. The molecule has 10 aromatic carbocycles. The Kier molecular flexibility index (Phi) is 40.5. The number of carbonyl (C=O) groups is 2. The Balaban J connectivity index is 0.000000617. The minimum absolute atomic E-state index is 0. The second-order valence-corrected chi connectivity index (χ2v) is 31.3. The number of rotatable bonds is 10. The smallest absolute Gasteiger partial charge is 0.430 e. The van der Waals surface area contributed by atoms with Gasteiger partial charge in [0.05, 0.1) is 33.8 Å². The zero-order valence-electron chi connectivity index (χ0n) is 54.0. The van der Waals surface area contributed by atoms with Gasteiger partial charge in [0.1, 0.15) is 47.0 Å². The van der Waals surface area contributed by atoms with Crippen molar-refractivity contribution in [1.82, 2.24) is 0 Å². The number of fused-ring (bicyclic) bond motifs is 1. The molecular weight excluding hydrogens is 1730 g/mol. The predicted octanol–water partition coefficient (Wildman–Crippen LogP) is 4.74. The molecule has 2 unspecified atom stereocenters. The number of aliphatic carboxylic acids is 1. The van der Waals surface area contributed by atoms with Crippen LogP contribution in [0.4, 0.5) is 35.1 Å². The van der Waals surface area contributed by atoms with Gasteiger partial charge >= 0.3 is 6.18 Å². The van der Waals surface area contributed by atoms with Crippen LogP contribution in [-0.2, 0) is 77.1 Å². The van der Waals surface area contributed by atoms with E-state index in [0.29, 0.717) is 27.2 Å². The molecule has 22 nitrogen and oxygen atoms in total. The number of alkyl halides is 3. The summed E-state index contributed by atoms with van der Waals surface area (Å²) in [5.41, 5.74) is 2.16. The molecule has 0 N–H and O–H groups in total. The lowest BCUT2D eigenvalue weighted by atomic mass is 10.1. The van der Waals surface area contributed by atoms with Crippen LogP contribution in [0.2, 0.25) is 15.1 Å². The van der Waals surface area contributed by atoms with E-state index < -0.39 is 113 Å². The highest BCUT2D eigenvalue weighted by atomic mass is 79.9. The number of carbonyl (C=O) groups excluding carboxylic acids is 2. The Hall–Kier alpha value is -7.36. The van der Waals surface area contributed by atoms with Gasteiger partial charge in [0.15, 0.2) is 38.0 Å². The number of carboxylic acids is 2. The van der Waals surface area contributed by atoms with Crippen LogP contribution in [0.3, 0.4) is 0 Å². The number of halogens is 13. The highest BCUT2D eigenvalue weighted by Crippen LogP contribution is 2.34. The average Bonchev–Trinajstić information content (AvgIpc) is 0.786. The molecule has 42 heteroatoms. The summed E-state index contributed by atoms with van der Waals surface area (Å²) < 4.78 is 270. The first-order valence-electron chi connectivity index (χ1n) is 27.7. The van der Waals surface area contributed by atoms with Crippen molar-refractivity contribution in [2.45, 2.75) is 66.1 Å². The minimum atomic E-state index is -5.77. The quantitative estimate of drug-likeness (QED) is 0.0445. The third kappa shape index (κ3) is 35.3. The zero-order valence-corrected chi connectivity index (χ0v) is 64.3. The Morgan fingerprint density at radius 3 is 1.14 bits per heavy atom. The first kappa shape index (κ1) is 97.7. The van der Waals surface area contributed by atoms with Gasteiger partial charge in [0.25, 0.3) is 0 Å². The summed E-state index contributed by atoms with van der Waals surface area (Å²) in [6.07, 6.45) is -5.19. The molecule has 0 aliphatic carbocycles. The van der Waals surface area contributed by atoms with Gasteiger partial charge in [-0.05, 0) is 207 Å². The lowest BCUT2D eigenvalue weighted by Gasteiger charge is -2.17. The van der Waals surface area contributed by atoms with Gasteiger partial charge in [0, 0.05) is 24.9 Å². The number of ether oxygens (including phenoxy) is 1. The first-order valence-corrected chi connectivity index (χ1v) is 39.0. The SMILES string of the molecule is COc1ccc(C(=O)[O-])cc1.Cc1cc(C)c(S(=O)(=O)[O-])c(C)c1.Clc1ccc([S+](c2ccc(Cl)cc2)c2ccc(Cl)cc2)cc1.O=C([O-])C(F)(F)F.O=S(=O)([O-])c1c(F)c(F)c(F)c(F)c1F.O=S(=O)([O-])c1cccc2ccccc12.O=S([O-])(=S)c1ccccc1.O=S([O-])c1ccccc1.[Br-].[O-][Cl+3]([O-])([O-])[O-]. The number of carboxylic acid groups (broad SMARTS) is 2. The van der Waals surface area contributed by atoms with E-state index in [1.165, 1.54) is 52.1 Å². The van der Waals surface area contributed by atoms with Crippen molar-refractivity contribution >= 4 is 130 Å². The molecule has 107 heavy (non-hydrogen) atoms. The highest BCUT2D eigenvalue weighted by molar-refractivity contribution is 8.29. The van der Waals surface area contributed by atoms with Crippen LogP contribution in [0.15, 0.2) is 251 Å². The van der Waals surface area contributed by atoms with Crippen LogP contribution >= 0.6 is 34.8 Å². The fourth-order valence-corrected chi connectivity index (χ4v) is 13.6. The van der Waals surface area contributed by atoms with Crippen molar-refractivity contribution < 1.29 is 162 Å². The van der Waals surface area contributed by atoms with Crippen LogP contribution in [0.5, 0.6) is 5.75 Å².